The SMILES string of the molecule is COC(=O)c1c(C)[nH]c(C(=O)OCc2cn3ccccc3c2C#N)c1C. The first-order valence-electron chi connectivity index (χ1n) is 7.91. The second-order valence-electron chi connectivity index (χ2n) is 5.83. The minimum atomic E-state index is -0.597. The minimum Gasteiger partial charge on any atom is -0.465 e. The van der Waals surface area contributed by atoms with Crippen molar-refractivity contribution in [1.82, 2.24) is 9.38 Å². The molecular formula is C19H17N3O4. The van der Waals surface area contributed by atoms with Crippen molar-refractivity contribution in [3.63, 3.8) is 0 Å². The molecule has 0 aliphatic heterocycles. The van der Waals surface area contributed by atoms with Gasteiger partial charge in [-0.25, -0.2) is 9.59 Å². The quantitative estimate of drug-likeness (QED) is 0.729. The van der Waals surface area contributed by atoms with Gasteiger partial charge in [-0.1, -0.05) is 6.07 Å². The summed E-state index contributed by atoms with van der Waals surface area (Å²) in [6, 6.07) is 7.66. The maximum Gasteiger partial charge on any atom is 0.355 e. The Morgan fingerprint density at radius 3 is 2.73 bits per heavy atom. The fourth-order valence-electron chi connectivity index (χ4n) is 2.99. The Hall–Kier alpha value is -3.53. The molecule has 7 heteroatoms. The first-order chi connectivity index (χ1) is 12.5. The van der Waals surface area contributed by atoms with Crippen LogP contribution in [0.25, 0.3) is 5.52 Å². The van der Waals surface area contributed by atoms with Gasteiger partial charge in [0.1, 0.15) is 18.4 Å². The molecule has 3 rings (SSSR count). The summed E-state index contributed by atoms with van der Waals surface area (Å²) in [5.74, 6) is -1.11. The number of H-pyrrole nitrogens is 1. The molecule has 0 aliphatic carbocycles. The van der Waals surface area contributed by atoms with Crippen molar-refractivity contribution in [2.75, 3.05) is 7.11 Å². The van der Waals surface area contributed by atoms with E-state index in [-0.39, 0.29) is 12.3 Å². The molecule has 0 aliphatic rings. The van der Waals surface area contributed by atoms with Crippen LogP contribution in [0.5, 0.6) is 0 Å². The highest BCUT2D eigenvalue weighted by Gasteiger charge is 2.23. The van der Waals surface area contributed by atoms with Crippen LogP contribution in [0.2, 0.25) is 0 Å². The minimum absolute atomic E-state index is 0.0472. The molecule has 7 nitrogen and oxygen atoms in total. The number of nitriles is 1. The lowest BCUT2D eigenvalue weighted by Crippen LogP contribution is -2.08. The van der Waals surface area contributed by atoms with Crippen LogP contribution in [0.1, 0.15) is 43.2 Å². The number of methoxy groups -OCH3 is 1. The van der Waals surface area contributed by atoms with E-state index in [0.717, 1.165) is 5.52 Å². The molecule has 0 saturated carbocycles. The molecule has 0 fully saturated rings. The summed E-state index contributed by atoms with van der Waals surface area (Å²) in [6.45, 7) is 3.29. The number of pyridine rings is 1. The van der Waals surface area contributed by atoms with Crippen molar-refractivity contribution >= 4 is 17.5 Å². The lowest BCUT2D eigenvalue weighted by Gasteiger charge is -2.04. The van der Waals surface area contributed by atoms with Gasteiger partial charge in [-0.3, -0.25) is 0 Å². The number of esters is 2. The number of aromatic amines is 1. The summed E-state index contributed by atoms with van der Waals surface area (Å²) in [6.07, 6.45) is 3.58. The number of carbonyl (C=O) groups excluding carboxylic acids is 2. The number of aryl methyl sites for hydroxylation is 1. The number of carbonyl (C=O) groups is 2. The Kier molecular flexibility index (Phi) is 4.50. The molecule has 0 bridgehead atoms. The van der Waals surface area contributed by atoms with Crippen molar-refractivity contribution in [2.24, 2.45) is 0 Å². The van der Waals surface area contributed by atoms with Gasteiger partial charge in [-0.2, -0.15) is 5.26 Å². The third-order valence-electron chi connectivity index (χ3n) is 4.26. The maximum atomic E-state index is 12.4. The topological polar surface area (TPSA) is 96.6 Å². The molecule has 0 aromatic carbocycles. The zero-order valence-electron chi connectivity index (χ0n) is 14.6. The van der Waals surface area contributed by atoms with Gasteiger partial charge in [-0.05, 0) is 31.5 Å². The van der Waals surface area contributed by atoms with Gasteiger partial charge < -0.3 is 18.9 Å². The van der Waals surface area contributed by atoms with E-state index in [1.165, 1.54) is 7.11 Å². The number of hydrogen-bond acceptors (Lipinski definition) is 5. The van der Waals surface area contributed by atoms with Crippen molar-refractivity contribution in [3.05, 3.63) is 64.2 Å². The van der Waals surface area contributed by atoms with Gasteiger partial charge >= 0.3 is 11.9 Å². The number of ether oxygens (including phenoxy) is 2. The van der Waals surface area contributed by atoms with Gasteiger partial charge in [0.2, 0.25) is 0 Å². The third-order valence-corrected chi connectivity index (χ3v) is 4.26. The van der Waals surface area contributed by atoms with Gasteiger partial charge in [0.25, 0.3) is 0 Å². The fraction of sp³-hybridized carbons (Fsp3) is 0.211. The molecule has 0 saturated heterocycles. The van der Waals surface area contributed by atoms with E-state index < -0.39 is 11.9 Å². The monoisotopic (exact) mass is 351 g/mol. The number of nitrogens with zero attached hydrogens (tertiary/aromatic N) is 2. The molecule has 0 spiro atoms. The van der Waals surface area contributed by atoms with Crippen LogP contribution < -0.4 is 0 Å². The lowest BCUT2D eigenvalue weighted by atomic mass is 10.1. The number of hydrogen-bond donors (Lipinski definition) is 1. The Labute approximate surface area is 149 Å². The molecule has 3 heterocycles. The number of rotatable bonds is 4. The molecule has 26 heavy (non-hydrogen) atoms. The molecule has 3 aromatic rings. The molecule has 0 radical (unpaired) electrons. The fourth-order valence-corrected chi connectivity index (χ4v) is 2.99. The van der Waals surface area contributed by atoms with E-state index in [0.29, 0.717) is 27.9 Å². The zero-order valence-corrected chi connectivity index (χ0v) is 14.6. The van der Waals surface area contributed by atoms with Gasteiger partial charge in [0.15, 0.2) is 0 Å². The van der Waals surface area contributed by atoms with Crippen LogP contribution >= 0.6 is 0 Å². The zero-order chi connectivity index (χ0) is 18.8. The normalized spacial score (nSPS) is 10.5. The number of nitrogens with one attached hydrogen (secondary N) is 1. The Bertz CT molecular complexity index is 1050. The Morgan fingerprint density at radius 2 is 2.04 bits per heavy atom. The average molecular weight is 351 g/mol. The second-order valence-corrected chi connectivity index (χ2v) is 5.83. The van der Waals surface area contributed by atoms with E-state index in [1.54, 1.807) is 24.4 Å². The largest absolute Gasteiger partial charge is 0.465 e. The van der Waals surface area contributed by atoms with Crippen LogP contribution in [-0.2, 0) is 16.1 Å². The molecule has 0 atom stereocenters. The van der Waals surface area contributed by atoms with Crippen molar-refractivity contribution in [2.45, 2.75) is 20.5 Å². The summed E-state index contributed by atoms with van der Waals surface area (Å²) >= 11 is 0. The summed E-state index contributed by atoms with van der Waals surface area (Å²) in [7, 11) is 1.29. The Balaban J connectivity index is 1.84. The average Bonchev–Trinajstić information content (AvgIpc) is 3.15. The molecule has 132 valence electrons. The predicted octanol–water partition coefficient (Wildman–Crippen LogP) is 2.90. The molecule has 0 unspecified atom stereocenters. The third kappa shape index (κ3) is 2.82. The second kappa shape index (κ2) is 6.76. The first kappa shape index (κ1) is 17.3. The standard InChI is InChI=1S/C19H17N3O4/c1-11-16(18(23)25-3)12(2)21-17(11)19(24)26-10-13-9-22-7-5-4-6-15(22)14(13)8-20/h4-7,9,21H,10H2,1-3H3. The van der Waals surface area contributed by atoms with Crippen LogP contribution in [0.15, 0.2) is 30.6 Å². The highest BCUT2D eigenvalue weighted by Crippen LogP contribution is 2.22. The van der Waals surface area contributed by atoms with E-state index in [1.807, 2.05) is 24.4 Å². The van der Waals surface area contributed by atoms with Crippen molar-refractivity contribution in [1.29, 1.82) is 5.26 Å². The summed E-state index contributed by atoms with van der Waals surface area (Å²) in [5.41, 5.74) is 3.36. The van der Waals surface area contributed by atoms with E-state index >= 15 is 0 Å². The van der Waals surface area contributed by atoms with Gasteiger partial charge in [-0.15, -0.1) is 0 Å². The molecule has 0 amide bonds. The highest BCUT2D eigenvalue weighted by molar-refractivity contribution is 5.98. The van der Waals surface area contributed by atoms with E-state index in [4.69, 9.17) is 9.47 Å². The molecule has 3 aromatic heterocycles. The van der Waals surface area contributed by atoms with Gasteiger partial charge in [0.05, 0.1) is 23.8 Å². The predicted molar refractivity (Wildman–Crippen MR) is 92.8 cm³/mol. The smallest absolute Gasteiger partial charge is 0.355 e. The van der Waals surface area contributed by atoms with E-state index in [9.17, 15) is 14.9 Å². The molecule has 1 N–H and O–H groups in total. The maximum absolute atomic E-state index is 12.4. The number of aromatic nitrogens is 2. The Morgan fingerprint density at radius 1 is 1.27 bits per heavy atom. The van der Waals surface area contributed by atoms with Crippen molar-refractivity contribution < 1.29 is 19.1 Å². The summed E-state index contributed by atoms with van der Waals surface area (Å²) in [5, 5.41) is 9.40. The van der Waals surface area contributed by atoms with Crippen LogP contribution in [0.3, 0.4) is 0 Å². The lowest BCUT2D eigenvalue weighted by molar-refractivity contribution is 0.0465. The highest BCUT2D eigenvalue weighted by atomic mass is 16.5. The first-order valence-corrected chi connectivity index (χ1v) is 7.91. The molecular weight excluding hydrogens is 334 g/mol. The van der Waals surface area contributed by atoms with Crippen molar-refractivity contribution in [3.8, 4) is 6.07 Å². The number of fused-ring (bicyclic) bond motifs is 1. The van der Waals surface area contributed by atoms with Crippen LogP contribution in [-0.4, -0.2) is 28.4 Å². The summed E-state index contributed by atoms with van der Waals surface area (Å²) < 4.78 is 11.9. The van der Waals surface area contributed by atoms with Crippen LogP contribution in [0, 0.1) is 25.2 Å². The van der Waals surface area contributed by atoms with E-state index in [2.05, 4.69) is 11.1 Å². The van der Waals surface area contributed by atoms with Gasteiger partial charge in [0, 0.05) is 23.7 Å². The van der Waals surface area contributed by atoms with Crippen LogP contribution in [0.4, 0.5) is 0 Å². The summed E-state index contributed by atoms with van der Waals surface area (Å²) in [4.78, 5) is 27.1.